The second-order valence-corrected chi connectivity index (χ2v) is 5.95. The van der Waals surface area contributed by atoms with Gasteiger partial charge in [-0.3, -0.25) is 5.43 Å². The molecule has 0 unspecified atom stereocenters. The Labute approximate surface area is 131 Å². The third-order valence-corrected chi connectivity index (χ3v) is 4.46. The average molecular weight is 294 g/mol. The first kappa shape index (κ1) is 14.7. The Morgan fingerprint density at radius 1 is 1.23 bits per heavy atom. The summed E-state index contributed by atoms with van der Waals surface area (Å²) >= 11 is 0. The zero-order valence-corrected chi connectivity index (χ0v) is 13.0. The summed E-state index contributed by atoms with van der Waals surface area (Å²) in [7, 11) is 0. The van der Waals surface area contributed by atoms with Crippen LogP contribution in [0, 0.1) is 5.92 Å². The van der Waals surface area contributed by atoms with Gasteiger partial charge < -0.3 is 0 Å². The normalized spacial score (nSPS) is 16.7. The van der Waals surface area contributed by atoms with E-state index < -0.39 is 0 Å². The average Bonchev–Trinajstić information content (AvgIpc) is 2.59. The van der Waals surface area contributed by atoms with Crippen LogP contribution in [0.1, 0.15) is 39.0 Å². The summed E-state index contributed by atoms with van der Waals surface area (Å²) in [4.78, 5) is 0. The van der Waals surface area contributed by atoms with Crippen LogP contribution in [0.15, 0.2) is 47.7 Å². The number of nitrogens with one attached hydrogen (secondary N) is 1. The summed E-state index contributed by atoms with van der Waals surface area (Å²) < 4.78 is 0. The maximum Gasteiger partial charge on any atom is 0.176 e. The predicted molar refractivity (Wildman–Crippen MR) is 92.0 cm³/mol. The molecular formula is C18H22N4. The third kappa shape index (κ3) is 3.16. The maximum atomic E-state index is 4.48. The van der Waals surface area contributed by atoms with Gasteiger partial charge in [-0.15, -0.1) is 5.10 Å². The minimum atomic E-state index is 0.581. The number of rotatable bonds is 4. The van der Waals surface area contributed by atoms with Crippen molar-refractivity contribution in [2.45, 2.75) is 39.0 Å². The molecule has 4 heteroatoms. The highest BCUT2D eigenvalue weighted by molar-refractivity contribution is 5.99. The van der Waals surface area contributed by atoms with E-state index in [0.717, 1.165) is 22.1 Å². The number of hydrazone groups is 1. The third-order valence-electron chi connectivity index (χ3n) is 4.46. The molecule has 3 rings (SSSR count). The topological polar surface area (TPSA) is 50.2 Å². The minimum absolute atomic E-state index is 0.581. The molecule has 0 radical (unpaired) electrons. The lowest BCUT2D eigenvalue weighted by Gasteiger charge is -2.23. The van der Waals surface area contributed by atoms with E-state index in [-0.39, 0.29) is 0 Å². The fraction of sp³-hybridized carbons (Fsp3) is 0.389. The molecule has 0 amide bonds. The van der Waals surface area contributed by atoms with Crippen LogP contribution in [0.2, 0.25) is 0 Å². The van der Waals surface area contributed by atoms with Crippen molar-refractivity contribution in [1.29, 1.82) is 0 Å². The van der Waals surface area contributed by atoms with Crippen LogP contribution in [-0.4, -0.2) is 15.9 Å². The van der Waals surface area contributed by atoms with Crippen molar-refractivity contribution < 1.29 is 0 Å². The number of allylic oxidation sites excluding steroid dienone is 1. The van der Waals surface area contributed by atoms with Crippen molar-refractivity contribution in [1.82, 2.24) is 10.2 Å². The van der Waals surface area contributed by atoms with Crippen LogP contribution in [0.5, 0.6) is 0 Å². The molecule has 1 aromatic carbocycles. The zero-order valence-electron chi connectivity index (χ0n) is 13.0. The highest BCUT2D eigenvalue weighted by atomic mass is 15.3. The van der Waals surface area contributed by atoms with Gasteiger partial charge >= 0.3 is 0 Å². The van der Waals surface area contributed by atoms with E-state index in [1.54, 1.807) is 6.20 Å². The Kier molecular flexibility index (Phi) is 4.47. The second-order valence-electron chi connectivity index (χ2n) is 5.95. The smallest absolute Gasteiger partial charge is 0.176 e. The van der Waals surface area contributed by atoms with Crippen LogP contribution in [0.4, 0.5) is 5.82 Å². The van der Waals surface area contributed by atoms with E-state index in [0.29, 0.717) is 11.7 Å². The molecule has 1 aromatic heterocycles. The molecule has 1 N–H and O–H groups in total. The molecule has 22 heavy (non-hydrogen) atoms. The summed E-state index contributed by atoms with van der Waals surface area (Å²) in [5.41, 5.74) is 5.17. The Morgan fingerprint density at radius 3 is 2.82 bits per heavy atom. The standard InChI is InChI=1S/C18H22N4/c1-13(15-8-4-3-5-9-15)14(2)20-22-18-17-11-7-6-10-16(17)12-19-21-18/h6-7,10-12,15H,1,3-5,8-9H2,2H3,(H,21,22). The van der Waals surface area contributed by atoms with Crippen molar-refractivity contribution in [3.63, 3.8) is 0 Å². The molecule has 0 bridgehead atoms. The van der Waals surface area contributed by atoms with Gasteiger partial charge in [-0.05, 0) is 31.3 Å². The van der Waals surface area contributed by atoms with E-state index in [9.17, 15) is 0 Å². The zero-order chi connectivity index (χ0) is 15.4. The first-order valence-corrected chi connectivity index (χ1v) is 7.95. The number of hydrogen-bond donors (Lipinski definition) is 1. The Morgan fingerprint density at radius 2 is 2.00 bits per heavy atom. The molecule has 4 nitrogen and oxygen atoms in total. The summed E-state index contributed by atoms with van der Waals surface area (Å²) in [6, 6.07) is 8.03. The van der Waals surface area contributed by atoms with Crippen molar-refractivity contribution in [3.8, 4) is 0 Å². The quantitative estimate of drug-likeness (QED) is 0.664. The fourth-order valence-corrected chi connectivity index (χ4v) is 3.07. The van der Waals surface area contributed by atoms with Crippen molar-refractivity contribution in [2.75, 3.05) is 5.43 Å². The summed E-state index contributed by atoms with van der Waals surface area (Å²) in [6.45, 7) is 6.26. The molecule has 1 aliphatic carbocycles. The summed E-state index contributed by atoms with van der Waals surface area (Å²) in [5, 5.41) is 14.7. The van der Waals surface area contributed by atoms with Gasteiger partial charge in [0, 0.05) is 10.8 Å². The molecule has 0 saturated heterocycles. The van der Waals surface area contributed by atoms with Gasteiger partial charge in [0.05, 0.1) is 11.9 Å². The Bertz CT molecular complexity index is 694. The molecule has 1 aliphatic rings. The van der Waals surface area contributed by atoms with E-state index in [1.165, 1.54) is 32.1 Å². The Balaban J connectivity index is 1.75. The lowest BCUT2D eigenvalue weighted by atomic mass is 9.83. The minimum Gasteiger partial charge on any atom is -0.259 e. The summed E-state index contributed by atoms with van der Waals surface area (Å²) in [6.07, 6.45) is 8.19. The van der Waals surface area contributed by atoms with Crippen LogP contribution < -0.4 is 5.43 Å². The van der Waals surface area contributed by atoms with E-state index in [4.69, 9.17) is 0 Å². The molecular weight excluding hydrogens is 272 g/mol. The number of nitrogens with zero attached hydrogens (tertiary/aromatic N) is 3. The largest absolute Gasteiger partial charge is 0.259 e. The van der Waals surface area contributed by atoms with Crippen molar-refractivity contribution in [2.24, 2.45) is 11.0 Å². The van der Waals surface area contributed by atoms with Gasteiger partial charge in [0.2, 0.25) is 0 Å². The van der Waals surface area contributed by atoms with Crippen LogP contribution >= 0.6 is 0 Å². The number of benzene rings is 1. The van der Waals surface area contributed by atoms with Crippen molar-refractivity contribution >= 4 is 22.3 Å². The fourth-order valence-electron chi connectivity index (χ4n) is 3.07. The molecule has 114 valence electrons. The van der Waals surface area contributed by atoms with Crippen molar-refractivity contribution in [3.05, 3.63) is 42.6 Å². The lowest BCUT2D eigenvalue weighted by molar-refractivity contribution is 0.412. The second kappa shape index (κ2) is 6.69. The molecule has 2 aromatic rings. The lowest BCUT2D eigenvalue weighted by Crippen LogP contribution is -2.14. The molecule has 0 spiro atoms. The number of anilines is 1. The molecule has 0 aliphatic heterocycles. The monoisotopic (exact) mass is 294 g/mol. The van der Waals surface area contributed by atoms with Gasteiger partial charge in [0.25, 0.3) is 0 Å². The highest BCUT2D eigenvalue weighted by Gasteiger charge is 2.18. The van der Waals surface area contributed by atoms with Gasteiger partial charge in [-0.1, -0.05) is 50.1 Å². The maximum absolute atomic E-state index is 4.48. The molecule has 0 atom stereocenters. The van der Waals surface area contributed by atoms with Gasteiger partial charge in [-0.25, -0.2) is 0 Å². The van der Waals surface area contributed by atoms with Gasteiger partial charge in [-0.2, -0.15) is 10.2 Å². The SMILES string of the molecule is C=C(C(C)=NNc1nncc2ccccc12)C1CCCCC1. The number of aromatic nitrogens is 2. The molecule has 1 saturated carbocycles. The van der Waals surface area contributed by atoms with E-state index >= 15 is 0 Å². The molecule has 1 fully saturated rings. The van der Waals surface area contributed by atoms with E-state index in [1.807, 2.05) is 31.2 Å². The van der Waals surface area contributed by atoms with Crippen LogP contribution in [0.3, 0.4) is 0 Å². The van der Waals surface area contributed by atoms with E-state index in [2.05, 4.69) is 27.3 Å². The highest BCUT2D eigenvalue weighted by Crippen LogP contribution is 2.29. The van der Waals surface area contributed by atoms with Crippen LogP contribution in [-0.2, 0) is 0 Å². The first-order valence-electron chi connectivity index (χ1n) is 7.95. The molecule has 1 heterocycles. The predicted octanol–water partition coefficient (Wildman–Crippen LogP) is 4.55. The van der Waals surface area contributed by atoms with Crippen LogP contribution in [0.25, 0.3) is 10.8 Å². The summed E-state index contributed by atoms with van der Waals surface area (Å²) in [5.74, 6) is 1.27. The van der Waals surface area contributed by atoms with Gasteiger partial charge in [0.15, 0.2) is 5.82 Å². The Hall–Kier alpha value is -2.23. The first-order chi connectivity index (χ1) is 10.8. The number of fused-ring (bicyclic) bond motifs is 1. The van der Waals surface area contributed by atoms with Gasteiger partial charge in [0.1, 0.15) is 0 Å². The number of hydrogen-bond acceptors (Lipinski definition) is 4.